The number of carbonyl (C=O) groups is 1. The molecule has 2 aromatic rings. The molecule has 0 atom stereocenters. The molecule has 0 spiro atoms. The van der Waals surface area contributed by atoms with Crippen molar-refractivity contribution in [2.24, 2.45) is 0 Å². The van der Waals surface area contributed by atoms with E-state index in [0.717, 1.165) is 18.4 Å². The summed E-state index contributed by atoms with van der Waals surface area (Å²) in [5.74, 6) is 0.566. The van der Waals surface area contributed by atoms with E-state index in [9.17, 15) is 4.79 Å². The number of rotatable bonds is 4. The van der Waals surface area contributed by atoms with Crippen molar-refractivity contribution in [3.63, 3.8) is 0 Å². The van der Waals surface area contributed by atoms with Gasteiger partial charge >= 0.3 is 0 Å². The van der Waals surface area contributed by atoms with Crippen LogP contribution >= 0.6 is 11.6 Å². The molecule has 4 nitrogen and oxygen atoms in total. The van der Waals surface area contributed by atoms with Crippen molar-refractivity contribution in [3.8, 4) is 0 Å². The summed E-state index contributed by atoms with van der Waals surface area (Å²) in [6.45, 7) is 0. The average Bonchev–Trinajstić information content (AvgIpc) is 3.28. The molecule has 5 heteroatoms. The SMILES string of the molecule is CNc1cc(C(=O)NC2(c3ccccc3Cl)CC2)ccn1. The van der Waals surface area contributed by atoms with Crippen LogP contribution < -0.4 is 10.6 Å². The molecule has 3 rings (SSSR count). The first-order chi connectivity index (χ1) is 10.1. The number of anilines is 1. The van der Waals surface area contributed by atoms with Gasteiger partial charge in [-0.3, -0.25) is 4.79 Å². The van der Waals surface area contributed by atoms with Gasteiger partial charge in [-0.25, -0.2) is 4.98 Å². The minimum Gasteiger partial charge on any atom is -0.373 e. The third kappa shape index (κ3) is 2.72. The van der Waals surface area contributed by atoms with Crippen molar-refractivity contribution >= 4 is 23.3 Å². The second kappa shape index (κ2) is 5.37. The number of hydrogen-bond acceptors (Lipinski definition) is 3. The van der Waals surface area contributed by atoms with Gasteiger partial charge in [0.25, 0.3) is 5.91 Å². The van der Waals surface area contributed by atoms with Gasteiger partial charge in [0.15, 0.2) is 0 Å². The summed E-state index contributed by atoms with van der Waals surface area (Å²) in [7, 11) is 1.77. The van der Waals surface area contributed by atoms with Gasteiger partial charge in [-0.05, 0) is 36.6 Å². The molecule has 1 aromatic heterocycles. The molecule has 0 saturated heterocycles. The Morgan fingerprint density at radius 2 is 2.05 bits per heavy atom. The number of aromatic nitrogens is 1. The van der Waals surface area contributed by atoms with Gasteiger partial charge in [-0.2, -0.15) is 0 Å². The van der Waals surface area contributed by atoms with E-state index < -0.39 is 0 Å². The Kier molecular flexibility index (Phi) is 3.55. The number of nitrogens with zero attached hydrogens (tertiary/aromatic N) is 1. The Hall–Kier alpha value is -2.07. The molecule has 1 saturated carbocycles. The smallest absolute Gasteiger partial charge is 0.252 e. The first-order valence-electron chi connectivity index (χ1n) is 6.86. The molecule has 1 fully saturated rings. The van der Waals surface area contributed by atoms with Crippen LogP contribution in [0.5, 0.6) is 0 Å². The molecule has 0 aliphatic heterocycles. The van der Waals surface area contributed by atoms with Crippen molar-refractivity contribution in [2.45, 2.75) is 18.4 Å². The van der Waals surface area contributed by atoms with E-state index in [1.165, 1.54) is 0 Å². The molecule has 21 heavy (non-hydrogen) atoms. The van der Waals surface area contributed by atoms with E-state index in [1.54, 1.807) is 25.4 Å². The number of pyridine rings is 1. The first-order valence-corrected chi connectivity index (χ1v) is 7.24. The van der Waals surface area contributed by atoms with Crippen molar-refractivity contribution < 1.29 is 4.79 Å². The first kappa shape index (κ1) is 13.9. The summed E-state index contributed by atoms with van der Waals surface area (Å²) < 4.78 is 0. The molecule has 0 radical (unpaired) electrons. The average molecular weight is 302 g/mol. The molecule has 1 amide bonds. The predicted octanol–water partition coefficient (Wildman–Crippen LogP) is 3.20. The van der Waals surface area contributed by atoms with Crippen LogP contribution in [0.25, 0.3) is 0 Å². The molecule has 1 aromatic carbocycles. The Bertz CT molecular complexity index is 683. The van der Waals surface area contributed by atoms with E-state index in [2.05, 4.69) is 15.6 Å². The summed E-state index contributed by atoms with van der Waals surface area (Å²) in [6, 6.07) is 11.1. The maximum Gasteiger partial charge on any atom is 0.252 e. The van der Waals surface area contributed by atoms with Gasteiger partial charge in [0, 0.05) is 23.8 Å². The molecule has 1 aliphatic rings. The summed E-state index contributed by atoms with van der Waals surface area (Å²) in [6.07, 6.45) is 3.44. The monoisotopic (exact) mass is 301 g/mol. The highest BCUT2D eigenvalue weighted by atomic mass is 35.5. The quantitative estimate of drug-likeness (QED) is 0.912. The topological polar surface area (TPSA) is 54.0 Å². The van der Waals surface area contributed by atoms with Crippen LogP contribution in [-0.2, 0) is 5.54 Å². The molecule has 1 aliphatic carbocycles. The standard InChI is InChI=1S/C16H16ClN3O/c1-18-14-10-11(6-9-19-14)15(21)20-16(7-8-16)12-4-2-3-5-13(12)17/h2-6,9-10H,7-8H2,1H3,(H,18,19)(H,20,21). The highest BCUT2D eigenvalue weighted by Crippen LogP contribution is 2.48. The number of nitrogens with one attached hydrogen (secondary N) is 2. The second-order valence-corrected chi connectivity index (χ2v) is 5.60. The molecule has 0 bridgehead atoms. The number of carbonyl (C=O) groups excluding carboxylic acids is 1. The van der Waals surface area contributed by atoms with Gasteiger partial charge < -0.3 is 10.6 Å². The Balaban J connectivity index is 1.83. The van der Waals surface area contributed by atoms with Gasteiger partial charge in [0.1, 0.15) is 5.82 Å². The lowest BCUT2D eigenvalue weighted by Gasteiger charge is -2.19. The lowest BCUT2D eigenvalue weighted by molar-refractivity contribution is 0.0931. The summed E-state index contributed by atoms with van der Waals surface area (Å²) in [4.78, 5) is 16.6. The number of hydrogen-bond donors (Lipinski definition) is 2. The van der Waals surface area contributed by atoms with Crippen LogP contribution in [0.3, 0.4) is 0 Å². The van der Waals surface area contributed by atoms with Crippen LogP contribution in [-0.4, -0.2) is 17.9 Å². The van der Waals surface area contributed by atoms with Crippen molar-refractivity contribution in [1.82, 2.24) is 10.3 Å². The second-order valence-electron chi connectivity index (χ2n) is 5.20. The van der Waals surface area contributed by atoms with Gasteiger partial charge in [-0.1, -0.05) is 29.8 Å². The van der Waals surface area contributed by atoms with Crippen LogP contribution in [0.15, 0.2) is 42.6 Å². The van der Waals surface area contributed by atoms with Crippen LogP contribution in [0.4, 0.5) is 5.82 Å². The third-order valence-corrected chi connectivity index (χ3v) is 4.10. The minimum absolute atomic E-state index is 0.105. The lowest BCUT2D eigenvalue weighted by atomic mass is 10.0. The summed E-state index contributed by atoms with van der Waals surface area (Å²) in [5, 5.41) is 6.74. The fraction of sp³-hybridized carbons (Fsp3) is 0.250. The largest absolute Gasteiger partial charge is 0.373 e. The zero-order valence-electron chi connectivity index (χ0n) is 11.7. The Morgan fingerprint density at radius 1 is 1.29 bits per heavy atom. The number of benzene rings is 1. The normalized spacial score (nSPS) is 15.3. The fourth-order valence-corrected chi connectivity index (χ4v) is 2.75. The van der Waals surface area contributed by atoms with Crippen molar-refractivity contribution in [1.29, 1.82) is 0 Å². The van der Waals surface area contributed by atoms with Gasteiger partial charge in [-0.15, -0.1) is 0 Å². The number of halogens is 1. The third-order valence-electron chi connectivity index (χ3n) is 3.77. The summed E-state index contributed by atoms with van der Waals surface area (Å²) in [5.41, 5.74) is 1.26. The van der Waals surface area contributed by atoms with Gasteiger partial charge in [0.2, 0.25) is 0 Å². The molecular weight excluding hydrogens is 286 g/mol. The fourth-order valence-electron chi connectivity index (χ4n) is 2.43. The molecule has 1 heterocycles. The van der Waals surface area contributed by atoms with Gasteiger partial charge in [0.05, 0.1) is 5.54 Å². The molecule has 0 unspecified atom stereocenters. The lowest BCUT2D eigenvalue weighted by Crippen LogP contribution is -2.35. The maximum atomic E-state index is 12.4. The van der Waals surface area contributed by atoms with E-state index in [1.807, 2.05) is 24.3 Å². The Morgan fingerprint density at radius 3 is 2.71 bits per heavy atom. The summed E-state index contributed by atoms with van der Waals surface area (Å²) >= 11 is 6.25. The van der Waals surface area contributed by atoms with Crippen molar-refractivity contribution in [2.75, 3.05) is 12.4 Å². The highest BCUT2D eigenvalue weighted by molar-refractivity contribution is 6.31. The van der Waals surface area contributed by atoms with E-state index in [0.29, 0.717) is 16.4 Å². The molecule has 2 N–H and O–H groups in total. The van der Waals surface area contributed by atoms with Crippen LogP contribution in [0, 0.1) is 0 Å². The van der Waals surface area contributed by atoms with Crippen LogP contribution in [0.1, 0.15) is 28.8 Å². The van der Waals surface area contributed by atoms with E-state index in [-0.39, 0.29) is 11.4 Å². The highest BCUT2D eigenvalue weighted by Gasteiger charge is 2.46. The number of amides is 1. The molecular formula is C16H16ClN3O. The zero-order valence-corrected chi connectivity index (χ0v) is 12.4. The Labute approximate surface area is 128 Å². The zero-order chi connectivity index (χ0) is 14.9. The van der Waals surface area contributed by atoms with Crippen LogP contribution in [0.2, 0.25) is 5.02 Å². The van der Waals surface area contributed by atoms with E-state index >= 15 is 0 Å². The van der Waals surface area contributed by atoms with Crippen molar-refractivity contribution in [3.05, 3.63) is 58.7 Å². The minimum atomic E-state index is -0.321. The molecule has 108 valence electrons. The maximum absolute atomic E-state index is 12.4. The van der Waals surface area contributed by atoms with E-state index in [4.69, 9.17) is 11.6 Å². The predicted molar refractivity (Wildman–Crippen MR) is 83.6 cm³/mol.